The van der Waals surface area contributed by atoms with Crippen LogP contribution in [0.2, 0.25) is 0 Å². The number of benzene rings is 7. The molecule has 0 bridgehead atoms. The molecule has 0 amide bonds. The van der Waals surface area contributed by atoms with E-state index in [1.54, 1.807) is 0 Å². The van der Waals surface area contributed by atoms with Crippen LogP contribution in [0.5, 0.6) is 0 Å². The summed E-state index contributed by atoms with van der Waals surface area (Å²) in [5, 5.41) is 7.52. The lowest BCUT2D eigenvalue weighted by Crippen LogP contribution is -2.09. The molecule has 0 aliphatic heterocycles. The molecule has 0 saturated heterocycles. The van der Waals surface area contributed by atoms with Crippen molar-refractivity contribution >= 4 is 93.3 Å². The van der Waals surface area contributed by atoms with Gasteiger partial charge in [0, 0.05) is 53.7 Å². The van der Waals surface area contributed by atoms with Crippen LogP contribution < -0.4 is 4.90 Å². The molecule has 9 rings (SSSR count). The van der Waals surface area contributed by atoms with Crippen molar-refractivity contribution in [3.63, 3.8) is 0 Å². The first-order valence-corrected chi connectivity index (χ1v) is 17.2. The van der Waals surface area contributed by atoms with E-state index in [-0.39, 0.29) is 0 Å². The van der Waals surface area contributed by atoms with Crippen molar-refractivity contribution in [2.75, 3.05) is 4.90 Å². The SMILES string of the molecule is C=Cc1ccc2c(c1/C=C\C)c1cc3c(cc1n2-c1ccc2ccccc2c1)sc1ccc(N(c2ccccc2)c2ccccc2)cc13. The summed E-state index contributed by atoms with van der Waals surface area (Å²) < 4.78 is 5.00. The van der Waals surface area contributed by atoms with Gasteiger partial charge in [0.2, 0.25) is 0 Å². The molecule has 48 heavy (non-hydrogen) atoms. The Morgan fingerprint density at radius 2 is 1.29 bits per heavy atom. The Morgan fingerprint density at radius 1 is 0.583 bits per heavy atom. The maximum Gasteiger partial charge on any atom is 0.0555 e. The average molecular weight is 633 g/mol. The first kappa shape index (κ1) is 28.3. The van der Waals surface area contributed by atoms with Crippen molar-refractivity contribution < 1.29 is 0 Å². The number of hydrogen-bond acceptors (Lipinski definition) is 2. The molecule has 0 fully saturated rings. The highest BCUT2D eigenvalue weighted by Gasteiger charge is 2.20. The monoisotopic (exact) mass is 632 g/mol. The van der Waals surface area contributed by atoms with Crippen LogP contribution in [-0.2, 0) is 0 Å². The number of rotatable bonds is 6. The van der Waals surface area contributed by atoms with E-state index in [4.69, 9.17) is 0 Å². The topological polar surface area (TPSA) is 8.17 Å². The molecular formula is C45H32N2S. The zero-order valence-corrected chi connectivity index (χ0v) is 27.4. The highest BCUT2D eigenvalue weighted by Crippen LogP contribution is 2.45. The Morgan fingerprint density at radius 3 is 2.02 bits per heavy atom. The number of hydrogen-bond donors (Lipinski definition) is 0. The van der Waals surface area contributed by atoms with Crippen LogP contribution in [0.25, 0.3) is 70.6 Å². The molecule has 0 N–H and O–H groups in total. The third-order valence-corrected chi connectivity index (χ3v) is 10.5. The lowest BCUT2D eigenvalue weighted by molar-refractivity contribution is 1.19. The van der Waals surface area contributed by atoms with Gasteiger partial charge in [-0.1, -0.05) is 97.6 Å². The third-order valence-electron chi connectivity index (χ3n) is 9.41. The summed E-state index contributed by atoms with van der Waals surface area (Å²) >= 11 is 1.87. The molecule has 7 aromatic carbocycles. The van der Waals surface area contributed by atoms with Gasteiger partial charge in [-0.15, -0.1) is 11.3 Å². The molecule has 2 aromatic heterocycles. The Kier molecular flexibility index (Phi) is 6.74. The van der Waals surface area contributed by atoms with Crippen LogP contribution in [0, 0.1) is 0 Å². The van der Waals surface area contributed by atoms with Crippen molar-refractivity contribution in [3.8, 4) is 5.69 Å². The zero-order valence-electron chi connectivity index (χ0n) is 26.6. The Labute approximate surface area is 283 Å². The minimum atomic E-state index is 1.14. The largest absolute Gasteiger partial charge is 0.310 e. The molecule has 0 aliphatic rings. The highest BCUT2D eigenvalue weighted by molar-refractivity contribution is 7.25. The molecule has 2 nitrogen and oxygen atoms in total. The van der Waals surface area contributed by atoms with Gasteiger partial charge in [-0.2, -0.15) is 0 Å². The summed E-state index contributed by atoms with van der Waals surface area (Å²) in [5.74, 6) is 0. The molecule has 9 aromatic rings. The van der Waals surface area contributed by atoms with Crippen LogP contribution in [0.4, 0.5) is 17.1 Å². The third kappa shape index (κ3) is 4.47. The van der Waals surface area contributed by atoms with Gasteiger partial charge in [0.25, 0.3) is 0 Å². The lowest BCUT2D eigenvalue weighted by Gasteiger charge is -2.25. The number of para-hydroxylation sites is 2. The fourth-order valence-corrected chi connectivity index (χ4v) is 8.37. The van der Waals surface area contributed by atoms with Crippen LogP contribution in [0.3, 0.4) is 0 Å². The van der Waals surface area contributed by atoms with Gasteiger partial charge in [0.15, 0.2) is 0 Å². The molecule has 0 atom stereocenters. The van der Waals surface area contributed by atoms with Gasteiger partial charge in [0.05, 0.1) is 11.0 Å². The minimum absolute atomic E-state index is 1.14. The summed E-state index contributed by atoms with van der Waals surface area (Å²) in [6.45, 7) is 6.26. The van der Waals surface area contributed by atoms with E-state index in [1.807, 2.05) is 17.4 Å². The Bertz CT molecular complexity index is 2660. The summed E-state index contributed by atoms with van der Waals surface area (Å²) in [5.41, 5.74) is 9.32. The highest BCUT2D eigenvalue weighted by atomic mass is 32.1. The van der Waals surface area contributed by atoms with Crippen LogP contribution in [-0.4, -0.2) is 4.57 Å². The number of allylic oxidation sites excluding steroid dienone is 1. The number of thiophene rings is 1. The maximum atomic E-state index is 4.17. The van der Waals surface area contributed by atoms with Crippen molar-refractivity contribution in [1.29, 1.82) is 0 Å². The van der Waals surface area contributed by atoms with Crippen molar-refractivity contribution in [2.24, 2.45) is 0 Å². The minimum Gasteiger partial charge on any atom is -0.310 e. The number of fused-ring (bicyclic) bond motifs is 7. The summed E-state index contributed by atoms with van der Waals surface area (Å²) in [6, 6.07) is 52.9. The first-order valence-electron chi connectivity index (χ1n) is 16.3. The Hall–Kier alpha value is -5.90. The van der Waals surface area contributed by atoms with Crippen LogP contribution >= 0.6 is 11.3 Å². The van der Waals surface area contributed by atoms with E-state index < -0.39 is 0 Å². The summed E-state index contributed by atoms with van der Waals surface area (Å²) in [4.78, 5) is 2.34. The van der Waals surface area contributed by atoms with E-state index in [1.165, 1.54) is 58.3 Å². The normalized spacial score (nSPS) is 11.9. The van der Waals surface area contributed by atoms with Gasteiger partial charge in [-0.3, -0.25) is 0 Å². The van der Waals surface area contributed by atoms with Crippen LogP contribution in [0.15, 0.2) is 158 Å². The lowest BCUT2D eigenvalue weighted by atomic mass is 9.99. The maximum absolute atomic E-state index is 4.17. The molecule has 2 heterocycles. The molecule has 0 aliphatic carbocycles. The predicted molar refractivity (Wildman–Crippen MR) is 211 cm³/mol. The van der Waals surface area contributed by atoms with Gasteiger partial charge in [-0.05, 0) is 102 Å². The standard InChI is InChI=1S/C45H32N2S/c1-3-13-37-30(4-2)21-24-41-45(37)40-28-39-38-27-36(46(33-16-7-5-8-17-33)34-18-9-6-10-19-34)23-25-43(38)48-44(39)29-42(40)47(41)35-22-20-31-14-11-12-15-32(31)26-35/h3-29H,2H2,1H3/b13-3-. The van der Waals surface area contributed by atoms with Crippen molar-refractivity contribution in [3.05, 3.63) is 169 Å². The molecular weight excluding hydrogens is 601 g/mol. The van der Waals surface area contributed by atoms with Crippen molar-refractivity contribution in [1.82, 2.24) is 4.57 Å². The second-order valence-corrected chi connectivity index (χ2v) is 13.3. The molecule has 0 spiro atoms. The van der Waals surface area contributed by atoms with Gasteiger partial charge < -0.3 is 9.47 Å². The molecule has 0 radical (unpaired) electrons. The van der Waals surface area contributed by atoms with E-state index in [0.717, 1.165) is 28.3 Å². The molecule has 3 heteroatoms. The predicted octanol–water partition coefficient (Wildman–Crippen LogP) is 13.5. The molecule has 0 saturated carbocycles. The quantitative estimate of drug-likeness (QED) is 0.177. The van der Waals surface area contributed by atoms with Crippen LogP contribution in [0.1, 0.15) is 18.1 Å². The smallest absolute Gasteiger partial charge is 0.0555 e. The fourth-order valence-electron chi connectivity index (χ4n) is 7.27. The Balaban J connectivity index is 1.35. The van der Waals surface area contributed by atoms with Crippen molar-refractivity contribution in [2.45, 2.75) is 6.92 Å². The number of nitrogens with zero attached hydrogens (tertiary/aromatic N) is 2. The van der Waals surface area contributed by atoms with E-state index in [9.17, 15) is 0 Å². The van der Waals surface area contributed by atoms with Gasteiger partial charge >= 0.3 is 0 Å². The summed E-state index contributed by atoms with van der Waals surface area (Å²) in [6.07, 6.45) is 6.34. The zero-order chi connectivity index (χ0) is 32.2. The van der Waals surface area contributed by atoms with E-state index in [2.05, 4.69) is 181 Å². The average Bonchev–Trinajstić information content (AvgIpc) is 3.66. The summed E-state index contributed by atoms with van der Waals surface area (Å²) in [7, 11) is 0. The van der Waals surface area contributed by atoms with E-state index in [0.29, 0.717) is 0 Å². The van der Waals surface area contributed by atoms with Gasteiger partial charge in [0.1, 0.15) is 0 Å². The second kappa shape index (κ2) is 11.4. The number of anilines is 3. The first-order chi connectivity index (χ1) is 23.7. The fraction of sp³-hybridized carbons (Fsp3) is 0.0222. The van der Waals surface area contributed by atoms with Gasteiger partial charge in [-0.25, -0.2) is 0 Å². The van der Waals surface area contributed by atoms with E-state index >= 15 is 0 Å². The molecule has 228 valence electrons. The molecule has 0 unspecified atom stereocenters. The number of aromatic nitrogens is 1. The second-order valence-electron chi connectivity index (χ2n) is 12.2.